The predicted molar refractivity (Wildman–Crippen MR) is 156 cm³/mol. The van der Waals surface area contributed by atoms with Crippen LogP contribution in [0.5, 0.6) is 0 Å². The third-order valence-electron chi connectivity index (χ3n) is 7.96. The maximum atomic E-state index is 13.7. The second-order valence-corrected chi connectivity index (χ2v) is 10.8. The molecule has 4 amide bonds. The zero-order valence-electron chi connectivity index (χ0n) is 23.8. The maximum Gasteiger partial charge on any atom is 0.334 e. The number of urea groups is 1. The average Bonchev–Trinajstić information content (AvgIpc) is 2.99. The number of nitrogens with one attached hydrogen (secondary N) is 1. The zero-order valence-corrected chi connectivity index (χ0v) is 23.8. The van der Waals surface area contributed by atoms with Crippen LogP contribution in [0.4, 0.5) is 9.18 Å². The molecule has 0 aliphatic carbocycles. The molecule has 43 heavy (non-hydrogen) atoms. The number of hydrogen-bond acceptors (Lipinski definition) is 5. The number of amides is 4. The smallest absolute Gasteiger partial charge is 0.334 e. The minimum absolute atomic E-state index is 0.0191. The van der Waals surface area contributed by atoms with Crippen molar-refractivity contribution >= 4 is 23.8 Å². The Morgan fingerprint density at radius 2 is 1.56 bits per heavy atom. The van der Waals surface area contributed by atoms with Crippen molar-refractivity contribution in [3.05, 3.63) is 107 Å². The Labute approximate surface area is 249 Å². The van der Waals surface area contributed by atoms with E-state index in [2.05, 4.69) is 5.32 Å². The summed E-state index contributed by atoms with van der Waals surface area (Å²) in [4.78, 5) is 55.2. The van der Waals surface area contributed by atoms with Crippen molar-refractivity contribution in [1.29, 1.82) is 0 Å². The highest BCUT2D eigenvalue weighted by atomic mass is 19.1. The largest absolute Gasteiger partial charge is 0.481 e. The van der Waals surface area contributed by atoms with Crippen LogP contribution in [-0.2, 0) is 20.9 Å². The highest BCUT2D eigenvalue weighted by Crippen LogP contribution is 2.31. The molecule has 0 bridgehead atoms. The highest BCUT2D eigenvalue weighted by molar-refractivity contribution is 5.93. The summed E-state index contributed by atoms with van der Waals surface area (Å²) in [5.41, 5.74) is 2.84. The zero-order chi connectivity index (χ0) is 30.5. The van der Waals surface area contributed by atoms with E-state index in [4.69, 9.17) is 0 Å². The normalized spacial score (nSPS) is 19.0. The molecule has 2 aliphatic rings. The summed E-state index contributed by atoms with van der Waals surface area (Å²) in [6, 6.07) is 23.8. The first-order valence-corrected chi connectivity index (χ1v) is 14.2. The van der Waals surface area contributed by atoms with Gasteiger partial charge in [-0.1, -0.05) is 72.8 Å². The Morgan fingerprint density at radius 3 is 2.14 bits per heavy atom. The van der Waals surface area contributed by atoms with Crippen LogP contribution in [0.2, 0.25) is 0 Å². The van der Waals surface area contributed by atoms with Crippen LogP contribution in [0.1, 0.15) is 35.4 Å². The summed E-state index contributed by atoms with van der Waals surface area (Å²) in [5, 5.41) is 15.3. The number of fused-ring (bicyclic) bond motifs is 1. The molecular weight excluding hydrogens is 553 g/mol. The van der Waals surface area contributed by atoms with E-state index < -0.39 is 48.3 Å². The molecule has 2 heterocycles. The molecule has 1 unspecified atom stereocenters. The molecule has 2 saturated heterocycles. The molecule has 0 radical (unpaired) electrons. The summed E-state index contributed by atoms with van der Waals surface area (Å²) in [5.74, 6) is -2.52. The van der Waals surface area contributed by atoms with Gasteiger partial charge in [0.1, 0.15) is 18.0 Å². The molecule has 2 N–H and O–H groups in total. The van der Waals surface area contributed by atoms with Crippen LogP contribution in [0.3, 0.4) is 0 Å². The van der Waals surface area contributed by atoms with Gasteiger partial charge >= 0.3 is 12.0 Å². The maximum absolute atomic E-state index is 13.7. The number of halogens is 1. The van der Waals surface area contributed by atoms with Gasteiger partial charge in [-0.05, 0) is 35.2 Å². The molecule has 2 aliphatic heterocycles. The fourth-order valence-corrected chi connectivity index (χ4v) is 5.91. The van der Waals surface area contributed by atoms with Gasteiger partial charge in [0.15, 0.2) is 0 Å². The van der Waals surface area contributed by atoms with Gasteiger partial charge in [-0.25, -0.2) is 19.2 Å². The fraction of sp³-hybridized carbons (Fsp3) is 0.312. The van der Waals surface area contributed by atoms with Crippen molar-refractivity contribution in [1.82, 2.24) is 25.1 Å². The molecule has 0 aromatic heterocycles. The third-order valence-corrected chi connectivity index (χ3v) is 7.96. The van der Waals surface area contributed by atoms with Crippen molar-refractivity contribution in [2.75, 3.05) is 26.7 Å². The van der Waals surface area contributed by atoms with Crippen LogP contribution in [0.15, 0.2) is 84.9 Å². The van der Waals surface area contributed by atoms with Gasteiger partial charge in [0.2, 0.25) is 11.8 Å². The lowest BCUT2D eigenvalue weighted by Gasteiger charge is -2.54. The van der Waals surface area contributed by atoms with Gasteiger partial charge in [-0.2, -0.15) is 0 Å². The molecule has 3 aromatic carbocycles. The Kier molecular flexibility index (Phi) is 9.01. The van der Waals surface area contributed by atoms with E-state index in [0.29, 0.717) is 12.0 Å². The monoisotopic (exact) mass is 587 g/mol. The fourth-order valence-electron chi connectivity index (χ4n) is 5.91. The number of hydrogen-bond donors (Lipinski definition) is 2. The van der Waals surface area contributed by atoms with Gasteiger partial charge in [0.05, 0.1) is 19.5 Å². The molecule has 0 saturated carbocycles. The molecule has 5 rings (SSSR count). The molecule has 10 nitrogen and oxygen atoms in total. The Balaban J connectivity index is 1.40. The average molecular weight is 588 g/mol. The first kappa shape index (κ1) is 29.7. The number of likely N-dealkylation sites (N-methyl/N-ethyl adjacent to an activating group) is 1. The van der Waals surface area contributed by atoms with E-state index >= 15 is 0 Å². The van der Waals surface area contributed by atoms with E-state index in [0.717, 1.165) is 11.1 Å². The Hall–Kier alpha value is -4.77. The van der Waals surface area contributed by atoms with Crippen molar-refractivity contribution < 1.29 is 28.7 Å². The second-order valence-electron chi connectivity index (χ2n) is 10.8. The van der Waals surface area contributed by atoms with Gasteiger partial charge < -0.3 is 20.2 Å². The number of carbonyl (C=O) groups excluding carboxylic acids is 3. The first-order valence-electron chi connectivity index (χ1n) is 14.2. The van der Waals surface area contributed by atoms with Crippen molar-refractivity contribution in [2.24, 2.45) is 0 Å². The van der Waals surface area contributed by atoms with Gasteiger partial charge in [0.25, 0.3) is 0 Å². The number of carbonyl (C=O) groups is 4. The molecule has 2 fully saturated rings. The second kappa shape index (κ2) is 13.0. The summed E-state index contributed by atoms with van der Waals surface area (Å²) in [7, 11) is 1.60. The summed E-state index contributed by atoms with van der Waals surface area (Å²) < 4.78 is 13.3. The lowest BCUT2D eigenvalue weighted by Crippen LogP contribution is -2.76. The summed E-state index contributed by atoms with van der Waals surface area (Å²) >= 11 is 0. The van der Waals surface area contributed by atoms with Crippen LogP contribution >= 0.6 is 0 Å². The number of aliphatic carboxylic acids is 1. The van der Waals surface area contributed by atoms with E-state index in [1.165, 1.54) is 27.1 Å². The van der Waals surface area contributed by atoms with Crippen molar-refractivity contribution in [2.45, 2.75) is 37.5 Å². The van der Waals surface area contributed by atoms with Crippen LogP contribution in [0, 0.1) is 5.82 Å². The summed E-state index contributed by atoms with van der Waals surface area (Å²) in [6.45, 7) is 0.219. The van der Waals surface area contributed by atoms with Crippen molar-refractivity contribution in [3.8, 4) is 0 Å². The number of hydrazine groups is 1. The number of piperazine rings is 1. The predicted octanol–water partition coefficient (Wildman–Crippen LogP) is 3.26. The minimum atomic E-state index is -1.25. The number of carboxylic acids is 1. The van der Waals surface area contributed by atoms with Crippen LogP contribution in [-0.4, -0.2) is 87.6 Å². The highest BCUT2D eigenvalue weighted by Gasteiger charge is 2.51. The molecule has 2 atom stereocenters. The number of rotatable bonds is 9. The number of carboxylic acid groups (broad SMARTS) is 1. The Morgan fingerprint density at radius 1 is 0.953 bits per heavy atom. The molecule has 0 spiro atoms. The number of nitrogens with zero attached hydrogens (tertiary/aromatic N) is 4. The Bertz CT molecular complexity index is 1420. The standard InChI is InChI=1S/C32H34FN5O5/c1-35-21-29(39)37-27(18-30(40)41)31(42)36(17-16-26(23-8-4-2-5-9-23)24-10-6-3-7-11-24)20-28(37)38(35)32(43)34-19-22-12-14-25(33)15-13-22/h2-15,26-28H,16-21H2,1H3,(H,34,43)(H,40,41)/t27-,28?/m0/s1. The van der Waals surface area contributed by atoms with Gasteiger partial charge in [-0.3, -0.25) is 14.4 Å². The van der Waals surface area contributed by atoms with E-state index in [-0.39, 0.29) is 32.1 Å². The lowest BCUT2D eigenvalue weighted by molar-refractivity contribution is -0.188. The minimum Gasteiger partial charge on any atom is -0.481 e. The summed E-state index contributed by atoms with van der Waals surface area (Å²) in [6.07, 6.45) is -0.937. The molecule has 11 heteroatoms. The topological polar surface area (TPSA) is 114 Å². The lowest BCUT2D eigenvalue weighted by atomic mass is 9.88. The third kappa shape index (κ3) is 6.67. The van der Waals surface area contributed by atoms with Gasteiger partial charge in [0, 0.05) is 26.1 Å². The van der Waals surface area contributed by atoms with Crippen LogP contribution in [0.25, 0.3) is 0 Å². The van der Waals surface area contributed by atoms with E-state index in [9.17, 15) is 28.7 Å². The van der Waals surface area contributed by atoms with E-state index in [1.807, 2.05) is 60.7 Å². The molecule has 224 valence electrons. The van der Waals surface area contributed by atoms with E-state index in [1.54, 1.807) is 24.1 Å². The first-order chi connectivity index (χ1) is 20.7. The van der Waals surface area contributed by atoms with Crippen LogP contribution < -0.4 is 5.32 Å². The molecular formula is C32H34FN5O5. The molecule has 3 aromatic rings. The quantitative estimate of drug-likeness (QED) is 0.398. The van der Waals surface area contributed by atoms with Gasteiger partial charge in [-0.15, -0.1) is 0 Å². The number of benzene rings is 3. The SMILES string of the molecule is CN1CC(=O)N2C(CN(CCC(c3ccccc3)c3ccccc3)C(=O)[C@@H]2CC(=O)O)N1C(=O)NCc1ccc(F)cc1. The van der Waals surface area contributed by atoms with Crippen molar-refractivity contribution in [3.63, 3.8) is 0 Å².